The van der Waals surface area contributed by atoms with E-state index in [-0.39, 0.29) is 6.04 Å². The molecule has 2 aromatic heterocycles. The standard InChI is InChI=1S/C12H16ClN3O/c1-8-10(12(13)16(3)15-8)7-14-9(2)11-5-4-6-17-11/h4-6,9,14H,7H2,1-3H3. The van der Waals surface area contributed by atoms with Crippen molar-refractivity contribution in [1.29, 1.82) is 0 Å². The predicted molar refractivity (Wildman–Crippen MR) is 66.9 cm³/mol. The average molecular weight is 254 g/mol. The summed E-state index contributed by atoms with van der Waals surface area (Å²) in [6, 6.07) is 3.99. The summed E-state index contributed by atoms with van der Waals surface area (Å²) in [6.45, 7) is 4.69. The quantitative estimate of drug-likeness (QED) is 0.911. The third kappa shape index (κ3) is 2.53. The average Bonchev–Trinajstić information content (AvgIpc) is 2.88. The second kappa shape index (κ2) is 4.94. The molecule has 0 amide bonds. The number of hydrogen-bond acceptors (Lipinski definition) is 3. The predicted octanol–water partition coefficient (Wildman–Crippen LogP) is 2.83. The van der Waals surface area contributed by atoms with E-state index in [1.165, 1.54) is 0 Å². The van der Waals surface area contributed by atoms with Gasteiger partial charge in [0.05, 0.1) is 18.0 Å². The molecule has 17 heavy (non-hydrogen) atoms. The Morgan fingerprint density at radius 2 is 2.35 bits per heavy atom. The first-order valence-electron chi connectivity index (χ1n) is 5.54. The minimum Gasteiger partial charge on any atom is -0.468 e. The van der Waals surface area contributed by atoms with E-state index in [2.05, 4.69) is 17.3 Å². The maximum atomic E-state index is 6.16. The zero-order chi connectivity index (χ0) is 12.4. The van der Waals surface area contributed by atoms with E-state index in [1.807, 2.05) is 26.1 Å². The van der Waals surface area contributed by atoms with Crippen LogP contribution in [-0.4, -0.2) is 9.78 Å². The van der Waals surface area contributed by atoms with Gasteiger partial charge in [-0.3, -0.25) is 4.68 Å². The molecule has 2 aromatic rings. The smallest absolute Gasteiger partial charge is 0.131 e. The van der Waals surface area contributed by atoms with Gasteiger partial charge in [-0.05, 0) is 26.0 Å². The number of furan rings is 1. The first-order valence-corrected chi connectivity index (χ1v) is 5.92. The lowest BCUT2D eigenvalue weighted by atomic mass is 10.2. The van der Waals surface area contributed by atoms with Gasteiger partial charge in [-0.15, -0.1) is 0 Å². The fourth-order valence-corrected chi connectivity index (χ4v) is 2.01. The number of nitrogens with one attached hydrogen (secondary N) is 1. The molecule has 2 heterocycles. The Hall–Kier alpha value is -1.26. The van der Waals surface area contributed by atoms with Crippen LogP contribution in [0, 0.1) is 6.92 Å². The lowest BCUT2D eigenvalue weighted by molar-refractivity contribution is 0.430. The van der Waals surface area contributed by atoms with E-state index in [4.69, 9.17) is 16.0 Å². The lowest BCUT2D eigenvalue weighted by Gasteiger charge is -2.10. The minimum atomic E-state index is 0.153. The van der Waals surface area contributed by atoms with Gasteiger partial charge in [0, 0.05) is 19.2 Å². The number of hydrogen-bond donors (Lipinski definition) is 1. The summed E-state index contributed by atoms with van der Waals surface area (Å²) < 4.78 is 7.02. The van der Waals surface area contributed by atoms with Gasteiger partial charge in [0.15, 0.2) is 0 Å². The summed E-state index contributed by atoms with van der Waals surface area (Å²) in [5.41, 5.74) is 1.99. The van der Waals surface area contributed by atoms with Crippen molar-refractivity contribution in [2.45, 2.75) is 26.4 Å². The number of aryl methyl sites for hydroxylation is 2. The summed E-state index contributed by atoms with van der Waals surface area (Å²) in [5.74, 6) is 0.919. The molecule has 5 heteroatoms. The van der Waals surface area contributed by atoms with Crippen molar-refractivity contribution in [2.75, 3.05) is 0 Å². The van der Waals surface area contributed by atoms with Crippen molar-refractivity contribution in [3.05, 3.63) is 40.6 Å². The van der Waals surface area contributed by atoms with Crippen LogP contribution in [0.1, 0.15) is 30.0 Å². The highest BCUT2D eigenvalue weighted by molar-refractivity contribution is 6.30. The first kappa shape index (κ1) is 12.2. The van der Waals surface area contributed by atoms with Crippen LogP contribution in [0.2, 0.25) is 5.15 Å². The van der Waals surface area contributed by atoms with Crippen molar-refractivity contribution in [3.8, 4) is 0 Å². The Morgan fingerprint density at radius 3 is 2.88 bits per heavy atom. The Bertz CT molecular complexity index is 490. The summed E-state index contributed by atoms with van der Waals surface area (Å²) in [4.78, 5) is 0. The summed E-state index contributed by atoms with van der Waals surface area (Å²) in [5, 5.41) is 8.32. The molecule has 0 aliphatic rings. The van der Waals surface area contributed by atoms with Gasteiger partial charge in [-0.25, -0.2) is 0 Å². The molecule has 2 rings (SSSR count). The van der Waals surface area contributed by atoms with Gasteiger partial charge in [0.25, 0.3) is 0 Å². The van der Waals surface area contributed by atoms with Crippen molar-refractivity contribution >= 4 is 11.6 Å². The van der Waals surface area contributed by atoms with Crippen LogP contribution in [0.25, 0.3) is 0 Å². The van der Waals surface area contributed by atoms with Crippen LogP contribution in [0.5, 0.6) is 0 Å². The van der Waals surface area contributed by atoms with E-state index in [9.17, 15) is 0 Å². The Kier molecular flexibility index (Phi) is 3.54. The maximum absolute atomic E-state index is 6.16. The van der Waals surface area contributed by atoms with Crippen molar-refractivity contribution in [1.82, 2.24) is 15.1 Å². The first-order chi connectivity index (χ1) is 8.09. The number of rotatable bonds is 4. The van der Waals surface area contributed by atoms with E-state index in [1.54, 1.807) is 10.9 Å². The molecule has 0 saturated carbocycles. The van der Waals surface area contributed by atoms with Crippen LogP contribution >= 0.6 is 11.6 Å². The minimum absolute atomic E-state index is 0.153. The molecule has 0 saturated heterocycles. The van der Waals surface area contributed by atoms with Gasteiger partial charge in [-0.2, -0.15) is 5.10 Å². The Balaban J connectivity index is 2.03. The molecule has 0 fully saturated rings. The topological polar surface area (TPSA) is 43.0 Å². The summed E-state index contributed by atoms with van der Waals surface area (Å²) >= 11 is 6.16. The SMILES string of the molecule is Cc1nn(C)c(Cl)c1CNC(C)c1ccco1. The van der Waals surface area contributed by atoms with E-state index < -0.39 is 0 Å². The lowest BCUT2D eigenvalue weighted by Crippen LogP contribution is -2.18. The maximum Gasteiger partial charge on any atom is 0.131 e. The van der Waals surface area contributed by atoms with Crippen molar-refractivity contribution in [3.63, 3.8) is 0 Å². The molecule has 1 N–H and O–H groups in total. The highest BCUT2D eigenvalue weighted by Gasteiger charge is 2.13. The number of aromatic nitrogens is 2. The van der Waals surface area contributed by atoms with Gasteiger partial charge >= 0.3 is 0 Å². The van der Waals surface area contributed by atoms with Crippen LogP contribution in [-0.2, 0) is 13.6 Å². The van der Waals surface area contributed by atoms with Crippen LogP contribution < -0.4 is 5.32 Å². The van der Waals surface area contributed by atoms with E-state index in [0.29, 0.717) is 11.7 Å². The highest BCUT2D eigenvalue weighted by Crippen LogP contribution is 2.20. The van der Waals surface area contributed by atoms with E-state index >= 15 is 0 Å². The zero-order valence-electron chi connectivity index (χ0n) is 10.2. The fourth-order valence-electron chi connectivity index (χ4n) is 1.77. The molecule has 0 aliphatic carbocycles. The number of nitrogens with zero attached hydrogens (tertiary/aromatic N) is 2. The van der Waals surface area contributed by atoms with Crippen molar-refractivity contribution < 1.29 is 4.42 Å². The monoisotopic (exact) mass is 253 g/mol. The highest BCUT2D eigenvalue weighted by atomic mass is 35.5. The number of halogens is 1. The Labute approximate surface area is 106 Å². The van der Waals surface area contributed by atoms with Gasteiger partial charge in [0.1, 0.15) is 10.9 Å². The largest absolute Gasteiger partial charge is 0.468 e. The fraction of sp³-hybridized carbons (Fsp3) is 0.417. The third-order valence-electron chi connectivity index (χ3n) is 2.82. The molecular weight excluding hydrogens is 238 g/mol. The normalized spacial score (nSPS) is 12.9. The van der Waals surface area contributed by atoms with E-state index in [0.717, 1.165) is 17.0 Å². The molecule has 0 radical (unpaired) electrons. The Morgan fingerprint density at radius 1 is 1.59 bits per heavy atom. The van der Waals surface area contributed by atoms with Crippen LogP contribution in [0.3, 0.4) is 0 Å². The van der Waals surface area contributed by atoms with Crippen LogP contribution in [0.4, 0.5) is 0 Å². The molecule has 0 spiro atoms. The molecule has 1 unspecified atom stereocenters. The molecule has 0 bridgehead atoms. The van der Waals surface area contributed by atoms with Crippen molar-refractivity contribution in [2.24, 2.45) is 7.05 Å². The second-order valence-electron chi connectivity index (χ2n) is 4.10. The third-order valence-corrected chi connectivity index (χ3v) is 3.30. The molecular formula is C12H16ClN3O. The molecule has 0 aliphatic heterocycles. The van der Waals surface area contributed by atoms with Gasteiger partial charge in [0.2, 0.25) is 0 Å². The van der Waals surface area contributed by atoms with Gasteiger partial charge < -0.3 is 9.73 Å². The second-order valence-corrected chi connectivity index (χ2v) is 4.45. The molecule has 0 aromatic carbocycles. The summed E-state index contributed by atoms with van der Waals surface area (Å²) in [7, 11) is 1.84. The molecule has 1 atom stereocenters. The molecule has 4 nitrogen and oxygen atoms in total. The van der Waals surface area contributed by atoms with Crippen LogP contribution in [0.15, 0.2) is 22.8 Å². The molecule has 92 valence electrons. The van der Waals surface area contributed by atoms with Gasteiger partial charge in [-0.1, -0.05) is 11.6 Å². The summed E-state index contributed by atoms with van der Waals surface area (Å²) in [6.07, 6.45) is 1.68. The zero-order valence-corrected chi connectivity index (χ0v) is 11.0.